The molecule has 0 aromatic heterocycles. The third kappa shape index (κ3) is 4.18. The largest absolute Gasteiger partial charge is 0.374 e. The van der Waals surface area contributed by atoms with E-state index < -0.39 is 0 Å². The van der Waals surface area contributed by atoms with Crippen LogP contribution >= 0.6 is 0 Å². The maximum atomic E-state index is 6.46. The molecule has 0 unspecified atom stereocenters. The highest BCUT2D eigenvalue weighted by Crippen LogP contribution is 2.42. The van der Waals surface area contributed by atoms with E-state index >= 15 is 0 Å². The quantitative estimate of drug-likeness (QED) is 0.567. The van der Waals surface area contributed by atoms with Gasteiger partial charge in [0.15, 0.2) is 0 Å². The van der Waals surface area contributed by atoms with Gasteiger partial charge in [-0.2, -0.15) is 0 Å². The van der Waals surface area contributed by atoms with Gasteiger partial charge < -0.3 is 18.9 Å². The van der Waals surface area contributed by atoms with Gasteiger partial charge >= 0.3 is 0 Å². The van der Waals surface area contributed by atoms with E-state index in [2.05, 4.69) is 42.5 Å². The van der Waals surface area contributed by atoms with Crippen LogP contribution in [0.1, 0.15) is 28.4 Å². The van der Waals surface area contributed by atoms with Crippen molar-refractivity contribution < 1.29 is 18.9 Å². The predicted octanol–water partition coefficient (Wildman–Crippen LogP) is 4.83. The van der Waals surface area contributed by atoms with Crippen molar-refractivity contribution in [3.05, 3.63) is 107 Å². The molecule has 2 heterocycles. The maximum Gasteiger partial charge on any atom is 0.117 e. The summed E-state index contributed by atoms with van der Waals surface area (Å²) in [5.74, 6) is 0. The lowest BCUT2D eigenvalue weighted by molar-refractivity contribution is -0.0919. The van der Waals surface area contributed by atoms with E-state index in [-0.39, 0.29) is 24.4 Å². The minimum absolute atomic E-state index is 0.124. The van der Waals surface area contributed by atoms with Crippen molar-refractivity contribution in [1.29, 1.82) is 0 Å². The summed E-state index contributed by atoms with van der Waals surface area (Å²) in [7, 11) is 0. The van der Waals surface area contributed by atoms with E-state index in [1.807, 2.05) is 42.5 Å². The number of rotatable bonds is 7. The minimum atomic E-state index is -0.182. The van der Waals surface area contributed by atoms with Crippen LogP contribution < -0.4 is 0 Å². The Balaban J connectivity index is 1.31. The summed E-state index contributed by atoms with van der Waals surface area (Å²) in [6.45, 7) is 2.13. The predicted molar refractivity (Wildman–Crippen MR) is 114 cm³/mol. The highest BCUT2D eigenvalue weighted by Gasteiger charge is 2.49. The molecular weight excluding hydrogens is 376 g/mol. The molecule has 2 aliphatic heterocycles. The van der Waals surface area contributed by atoms with Crippen LogP contribution in [0.5, 0.6) is 0 Å². The molecule has 3 aromatic rings. The Hall–Kier alpha value is -2.50. The summed E-state index contributed by atoms with van der Waals surface area (Å²) in [4.78, 5) is 0. The average Bonchev–Trinajstić information content (AvgIpc) is 3.17. The Bertz CT molecular complexity index is 944. The van der Waals surface area contributed by atoms with Gasteiger partial charge in [0, 0.05) is 0 Å². The van der Waals surface area contributed by atoms with Crippen LogP contribution in [0, 0.1) is 0 Å². The normalized spacial score (nSPS) is 24.9. The molecule has 0 radical (unpaired) electrons. The van der Waals surface area contributed by atoms with E-state index in [1.165, 1.54) is 11.1 Å². The number of hydrogen-bond donors (Lipinski definition) is 0. The molecule has 3 aromatic carbocycles. The van der Waals surface area contributed by atoms with E-state index in [4.69, 9.17) is 18.9 Å². The molecule has 0 saturated carbocycles. The standard InChI is InChI=1S/C26H26O4/c1-3-9-19(10-4-1)15-27-18-23-25(28-16-20-11-5-2-6-12-20)26-24(30-23)22-14-8-7-13-21(22)17-29-26/h1-14,23-26H,15-18H2/t23-,24-,25-,26-/m0/s1. The summed E-state index contributed by atoms with van der Waals surface area (Å²) in [6.07, 6.45) is -0.618. The van der Waals surface area contributed by atoms with E-state index in [9.17, 15) is 0 Å². The summed E-state index contributed by atoms with van der Waals surface area (Å²) in [6, 6.07) is 28.8. The molecule has 0 N–H and O–H groups in total. The summed E-state index contributed by atoms with van der Waals surface area (Å²) in [5.41, 5.74) is 4.68. The van der Waals surface area contributed by atoms with Crippen molar-refractivity contribution in [3.63, 3.8) is 0 Å². The Kier molecular flexibility index (Phi) is 5.91. The van der Waals surface area contributed by atoms with Gasteiger partial charge in [0.2, 0.25) is 0 Å². The average molecular weight is 402 g/mol. The fourth-order valence-electron chi connectivity index (χ4n) is 4.26. The Morgan fingerprint density at radius 3 is 2.20 bits per heavy atom. The van der Waals surface area contributed by atoms with Gasteiger partial charge in [-0.3, -0.25) is 0 Å². The Morgan fingerprint density at radius 2 is 1.43 bits per heavy atom. The zero-order chi connectivity index (χ0) is 20.2. The molecule has 4 atom stereocenters. The lowest BCUT2D eigenvalue weighted by atomic mass is 9.94. The molecule has 0 bridgehead atoms. The van der Waals surface area contributed by atoms with Crippen molar-refractivity contribution in [2.45, 2.75) is 44.2 Å². The first-order valence-electron chi connectivity index (χ1n) is 10.5. The van der Waals surface area contributed by atoms with Crippen LogP contribution in [-0.4, -0.2) is 24.9 Å². The van der Waals surface area contributed by atoms with Crippen LogP contribution in [0.2, 0.25) is 0 Å². The first kappa shape index (κ1) is 19.5. The summed E-state index contributed by atoms with van der Waals surface area (Å²) in [5, 5.41) is 0. The van der Waals surface area contributed by atoms with Gasteiger partial charge in [0.25, 0.3) is 0 Å². The molecule has 4 nitrogen and oxygen atoms in total. The zero-order valence-corrected chi connectivity index (χ0v) is 16.9. The van der Waals surface area contributed by atoms with Crippen molar-refractivity contribution in [1.82, 2.24) is 0 Å². The molecule has 1 saturated heterocycles. The highest BCUT2D eigenvalue weighted by molar-refractivity contribution is 5.32. The van der Waals surface area contributed by atoms with Gasteiger partial charge in [0.1, 0.15) is 24.4 Å². The van der Waals surface area contributed by atoms with Crippen molar-refractivity contribution in [2.75, 3.05) is 6.61 Å². The van der Waals surface area contributed by atoms with Gasteiger partial charge in [0.05, 0.1) is 26.4 Å². The maximum absolute atomic E-state index is 6.46. The minimum Gasteiger partial charge on any atom is -0.374 e. The molecule has 2 aliphatic rings. The van der Waals surface area contributed by atoms with Crippen LogP contribution in [-0.2, 0) is 38.8 Å². The third-order valence-corrected chi connectivity index (χ3v) is 5.78. The molecule has 154 valence electrons. The summed E-state index contributed by atoms with van der Waals surface area (Å²) >= 11 is 0. The molecule has 0 aliphatic carbocycles. The van der Waals surface area contributed by atoms with Gasteiger partial charge in [-0.05, 0) is 22.3 Å². The lowest BCUT2D eigenvalue weighted by Gasteiger charge is -2.30. The van der Waals surface area contributed by atoms with Crippen molar-refractivity contribution >= 4 is 0 Å². The topological polar surface area (TPSA) is 36.9 Å². The molecule has 4 heteroatoms. The first-order valence-corrected chi connectivity index (χ1v) is 10.5. The Labute approximate surface area is 177 Å². The molecule has 5 rings (SSSR count). The second-order valence-electron chi connectivity index (χ2n) is 7.83. The highest BCUT2D eigenvalue weighted by atomic mass is 16.6. The van der Waals surface area contributed by atoms with Gasteiger partial charge in [-0.25, -0.2) is 0 Å². The van der Waals surface area contributed by atoms with Crippen LogP contribution in [0.15, 0.2) is 84.9 Å². The second-order valence-corrected chi connectivity index (χ2v) is 7.83. The van der Waals surface area contributed by atoms with Crippen LogP contribution in [0.4, 0.5) is 0 Å². The van der Waals surface area contributed by atoms with Crippen LogP contribution in [0.3, 0.4) is 0 Å². The van der Waals surface area contributed by atoms with Crippen LogP contribution in [0.25, 0.3) is 0 Å². The molecular formula is C26H26O4. The SMILES string of the molecule is c1ccc(COC[C@@H]2O[C@H]3c4ccccc4CO[C@@H]3[C@H]2OCc2ccccc2)cc1. The van der Waals surface area contributed by atoms with E-state index in [0.29, 0.717) is 26.4 Å². The number of ether oxygens (including phenoxy) is 4. The second kappa shape index (κ2) is 9.11. The van der Waals surface area contributed by atoms with Crippen molar-refractivity contribution in [3.8, 4) is 0 Å². The molecule has 30 heavy (non-hydrogen) atoms. The van der Waals surface area contributed by atoms with Gasteiger partial charge in [-0.1, -0.05) is 84.9 Å². The third-order valence-electron chi connectivity index (χ3n) is 5.78. The van der Waals surface area contributed by atoms with E-state index in [0.717, 1.165) is 11.1 Å². The first-order chi connectivity index (χ1) is 14.9. The molecule has 0 spiro atoms. The van der Waals surface area contributed by atoms with E-state index in [1.54, 1.807) is 0 Å². The smallest absolute Gasteiger partial charge is 0.117 e. The number of hydrogen-bond acceptors (Lipinski definition) is 4. The molecule has 1 fully saturated rings. The molecule has 0 amide bonds. The summed E-state index contributed by atoms with van der Waals surface area (Å²) < 4.78 is 25.1. The fraction of sp³-hybridized carbons (Fsp3) is 0.308. The number of fused-ring (bicyclic) bond motifs is 3. The zero-order valence-electron chi connectivity index (χ0n) is 16.9. The fourth-order valence-corrected chi connectivity index (χ4v) is 4.26. The lowest BCUT2D eigenvalue weighted by Crippen LogP contribution is -2.39. The van der Waals surface area contributed by atoms with Crippen molar-refractivity contribution in [2.24, 2.45) is 0 Å². The Morgan fingerprint density at radius 1 is 0.767 bits per heavy atom. The monoisotopic (exact) mass is 402 g/mol. The van der Waals surface area contributed by atoms with Gasteiger partial charge in [-0.15, -0.1) is 0 Å². The number of benzene rings is 3.